The fraction of sp³-hybridized carbons (Fsp3) is 0.250. The van der Waals surface area contributed by atoms with Crippen LogP contribution >= 0.6 is 0 Å². The Balaban J connectivity index is 1.86. The van der Waals surface area contributed by atoms with Gasteiger partial charge in [-0.3, -0.25) is 0 Å². The Morgan fingerprint density at radius 1 is 1.04 bits per heavy atom. The molecule has 2 heterocycles. The molecule has 2 aromatic carbocycles. The van der Waals surface area contributed by atoms with Gasteiger partial charge in [-0.2, -0.15) is 0 Å². The predicted molar refractivity (Wildman–Crippen MR) is 98.6 cm³/mol. The van der Waals surface area contributed by atoms with Gasteiger partial charge in [-0.25, -0.2) is 4.79 Å². The third kappa shape index (κ3) is 2.87. The minimum atomic E-state index is -0.767. The van der Waals surface area contributed by atoms with Gasteiger partial charge in [0.05, 0.1) is 20.8 Å². The van der Waals surface area contributed by atoms with Crippen molar-refractivity contribution in [1.29, 1.82) is 0 Å². The lowest BCUT2D eigenvalue weighted by Gasteiger charge is -2.33. The van der Waals surface area contributed by atoms with E-state index in [1.165, 1.54) is 20.3 Å². The van der Waals surface area contributed by atoms with Crippen LogP contribution in [0.25, 0.3) is 11.0 Å². The highest BCUT2D eigenvalue weighted by atomic mass is 16.6. The summed E-state index contributed by atoms with van der Waals surface area (Å²) < 4.78 is 27.7. The molecule has 2 N–H and O–H groups in total. The average molecular weight is 386 g/mol. The van der Waals surface area contributed by atoms with E-state index in [0.717, 1.165) is 0 Å². The van der Waals surface area contributed by atoms with Crippen LogP contribution in [-0.2, 0) is 0 Å². The summed E-state index contributed by atoms with van der Waals surface area (Å²) in [7, 11) is 2.83. The van der Waals surface area contributed by atoms with Crippen LogP contribution in [0.5, 0.6) is 28.7 Å². The summed E-state index contributed by atoms with van der Waals surface area (Å²) in [5.74, 6) is 0.836. The van der Waals surface area contributed by atoms with Crippen molar-refractivity contribution in [3.63, 3.8) is 0 Å². The molecule has 1 aliphatic rings. The molecule has 0 amide bonds. The fourth-order valence-corrected chi connectivity index (χ4v) is 3.21. The second-order valence-corrected chi connectivity index (χ2v) is 6.22. The number of hydrogen-bond acceptors (Lipinski definition) is 8. The lowest BCUT2D eigenvalue weighted by molar-refractivity contribution is -0.0120. The highest BCUT2D eigenvalue weighted by molar-refractivity contribution is 5.85. The van der Waals surface area contributed by atoms with Crippen molar-refractivity contribution in [2.75, 3.05) is 20.8 Å². The Kier molecular flexibility index (Phi) is 4.48. The van der Waals surface area contributed by atoms with Crippen LogP contribution in [0.2, 0.25) is 0 Å². The van der Waals surface area contributed by atoms with Crippen molar-refractivity contribution in [2.24, 2.45) is 0 Å². The Bertz CT molecular complexity index is 1060. The average Bonchev–Trinajstić information content (AvgIpc) is 2.72. The largest absolute Gasteiger partial charge is 0.502 e. The summed E-state index contributed by atoms with van der Waals surface area (Å²) in [6.07, 6.45) is -1.50. The second kappa shape index (κ2) is 6.97. The molecule has 0 aliphatic carbocycles. The number of aliphatic hydroxyl groups excluding tert-OH is 1. The van der Waals surface area contributed by atoms with E-state index < -0.39 is 17.8 Å². The van der Waals surface area contributed by atoms with Crippen molar-refractivity contribution < 1.29 is 33.6 Å². The SMILES string of the molecule is COc1cc(C2Oc3c(ccc4ccc(=O)oc34)OC2CO)cc(OC)c1O. The summed E-state index contributed by atoms with van der Waals surface area (Å²) >= 11 is 0. The molecule has 2 unspecified atom stereocenters. The molecule has 0 spiro atoms. The normalized spacial score (nSPS) is 18.1. The maximum Gasteiger partial charge on any atom is 0.336 e. The molecule has 146 valence electrons. The standard InChI is InChI=1S/C20H18O8/c1-24-13-7-11(8-14(25-2)17(13)23)18-15(9-21)26-12-5-3-10-4-6-16(22)27-19(10)20(12)28-18/h3-8,15,18,21,23H,9H2,1-2H3. The summed E-state index contributed by atoms with van der Waals surface area (Å²) in [5.41, 5.74) is 0.286. The molecular weight excluding hydrogens is 368 g/mol. The number of hydrogen-bond donors (Lipinski definition) is 2. The van der Waals surface area contributed by atoms with E-state index in [9.17, 15) is 15.0 Å². The third-order valence-corrected chi connectivity index (χ3v) is 4.58. The summed E-state index contributed by atoms with van der Waals surface area (Å²) in [5, 5.41) is 20.6. The molecule has 0 saturated heterocycles. The van der Waals surface area contributed by atoms with Crippen LogP contribution in [0, 0.1) is 0 Å². The van der Waals surface area contributed by atoms with E-state index in [1.54, 1.807) is 30.3 Å². The zero-order valence-corrected chi connectivity index (χ0v) is 15.2. The van der Waals surface area contributed by atoms with Crippen LogP contribution < -0.4 is 24.6 Å². The number of phenolic OH excluding ortho intramolecular Hbond substituents is 1. The summed E-state index contributed by atoms with van der Waals surface area (Å²) in [6, 6.07) is 9.52. The zero-order chi connectivity index (χ0) is 19.8. The molecule has 28 heavy (non-hydrogen) atoms. The van der Waals surface area contributed by atoms with Crippen molar-refractivity contribution in [3.05, 3.63) is 52.4 Å². The van der Waals surface area contributed by atoms with Crippen LogP contribution in [-0.4, -0.2) is 37.1 Å². The van der Waals surface area contributed by atoms with Gasteiger partial charge in [0.2, 0.25) is 11.5 Å². The number of fused-ring (bicyclic) bond motifs is 3. The van der Waals surface area contributed by atoms with E-state index in [4.69, 9.17) is 23.4 Å². The van der Waals surface area contributed by atoms with Crippen molar-refractivity contribution in [1.82, 2.24) is 0 Å². The zero-order valence-electron chi connectivity index (χ0n) is 15.2. The maximum absolute atomic E-state index is 11.7. The third-order valence-electron chi connectivity index (χ3n) is 4.58. The molecule has 1 aromatic heterocycles. The van der Waals surface area contributed by atoms with Crippen molar-refractivity contribution in [3.8, 4) is 28.7 Å². The van der Waals surface area contributed by atoms with Gasteiger partial charge in [-0.1, -0.05) is 0 Å². The highest BCUT2D eigenvalue weighted by Crippen LogP contribution is 2.46. The fourth-order valence-electron chi connectivity index (χ4n) is 3.21. The van der Waals surface area contributed by atoms with Gasteiger partial charge in [-0.15, -0.1) is 0 Å². The first-order valence-corrected chi connectivity index (χ1v) is 8.51. The van der Waals surface area contributed by atoms with E-state index in [2.05, 4.69) is 0 Å². The summed E-state index contributed by atoms with van der Waals surface area (Å²) in [4.78, 5) is 11.7. The van der Waals surface area contributed by atoms with Gasteiger partial charge in [-0.05, 0) is 30.3 Å². The number of aliphatic hydroxyl groups is 1. The Morgan fingerprint density at radius 2 is 1.71 bits per heavy atom. The number of rotatable bonds is 4. The van der Waals surface area contributed by atoms with Gasteiger partial charge in [0.25, 0.3) is 0 Å². The molecule has 2 atom stereocenters. The lowest BCUT2D eigenvalue weighted by atomic mass is 10.0. The van der Waals surface area contributed by atoms with Gasteiger partial charge >= 0.3 is 5.63 Å². The molecule has 8 nitrogen and oxygen atoms in total. The van der Waals surface area contributed by atoms with E-state index in [-0.39, 0.29) is 35.2 Å². The van der Waals surface area contributed by atoms with Crippen molar-refractivity contribution >= 4 is 11.0 Å². The van der Waals surface area contributed by atoms with Crippen LogP contribution in [0.15, 0.2) is 45.6 Å². The molecular formula is C20H18O8. The molecule has 3 aromatic rings. The number of aromatic hydroxyl groups is 1. The Labute approximate surface area is 159 Å². The first-order chi connectivity index (χ1) is 13.5. The van der Waals surface area contributed by atoms with Crippen LogP contribution in [0.4, 0.5) is 0 Å². The molecule has 4 rings (SSSR count). The molecule has 0 saturated carbocycles. The van der Waals surface area contributed by atoms with E-state index in [0.29, 0.717) is 16.7 Å². The molecule has 0 radical (unpaired) electrons. The van der Waals surface area contributed by atoms with Crippen molar-refractivity contribution in [2.45, 2.75) is 12.2 Å². The smallest absolute Gasteiger partial charge is 0.336 e. The quantitative estimate of drug-likeness (QED) is 0.658. The number of ether oxygens (including phenoxy) is 4. The van der Waals surface area contributed by atoms with Gasteiger partial charge in [0.1, 0.15) is 0 Å². The molecule has 1 aliphatic heterocycles. The predicted octanol–water partition coefficient (Wildman–Crippen LogP) is 2.39. The van der Waals surface area contributed by atoms with Gasteiger partial charge in [0.15, 0.2) is 35.0 Å². The number of methoxy groups -OCH3 is 2. The monoisotopic (exact) mass is 386 g/mol. The molecule has 8 heteroatoms. The first-order valence-electron chi connectivity index (χ1n) is 8.51. The van der Waals surface area contributed by atoms with Crippen LogP contribution in [0.1, 0.15) is 11.7 Å². The Morgan fingerprint density at radius 3 is 2.36 bits per heavy atom. The van der Waals surface area contributed by atoms with E-state index in [1.807, 2.05) is 0 Å². The summed E-state index contributed by atoms with van der Waals surface area (Å²) in [6.45, 7) is -0.327. The van der Waals surface area contributed by atoms with E-state index >= 15 is 0 Å². The minimum absolute atomic E-state index is 0.150. The number of benzene rings is 2. The molecule has 0 fully saturated rings. The van der Waals surface area contributed by atoms with Crippen LogP contribution in [0.3, 0.4) is 0 Å². The number of phenols is 1. The minimum Gasteiger partial charge on any atom is -0.502 e. The Hall–Kier alpha value is -3.39. The first kappa shape index (κ1) is 18.0. The lowest BCUT2D eigenvalue weighted by Crippen LogP contribution is -2.36. The topological polar surface area (TPSA) is 108 Å². The maximum atomic E-state index is 11.7. The van der Waals surface area contributed by atoms with Gasteiger partial charge < -0.3 is 33.6 Å². The second-order valence-electron chi connectivity index (χ2n) is 6.22. The highest BCUT2D eigenvalue weighted by Gasteiger charge is 2.35. The van der Waals surface area contributed by atoms with Gasteiger partial charge in [0, 0.05) is 17.0 Å². The molecule has 0 bridgehead atoms.